The molecule has 0 bridgehead atoms. The first-order valence-electron chi connectivity index (χ1n) is 4.60. The molecule has 0 N–H and O–H groups in total. The zero-order valence-corrected chi connectivity index (χ0v) is 9.32. The molecule has 0 atom stereocenters. The molecule has 0 aliphatic rings. The standard InChI is InChI=1S/C11H11ClN2O/c1-8-7-14(11(15)13(8)2)10-5-3-9(12)4-6-10/h3-7H,1-2H3. The van der Waals surface area contributed by atoms with Crippen LogP contribution in [0.3, 0.4) is 0 Å². The van der Waals surface area contributed by atoms with Crippen molar-refractivity contribution < 1.29 is 0 Å². The Bertz CT molecular complexity index is 537. The van der Waals surface area contributed by atoms with Gasteiger partial charge in [0, 0.05) is 24.0 Å². The van der Waals surface area contributed by atoms with Gasteiger partial charge in [-0.15, -0.1) is 0 Å². The fourth-order valence-electron chi connectivity index (χ4n) is 1.43. The van der Waals surface area contributed by atoms with Gasteiger partial charge in [-0.05, 0) is 31.2 Å². The van der Waals surface area contributed by atoms with Crippen LogP contribution in [0.1, 0.15) is 5.69 Å². The average molecular weight is 223 g/mol. The number of hydrogen-bond donors (Lipinski definition) is 0. The lowest BCUT2D eigenvalue weighted by atomic mass is 10.3. The van der Waals surface area contributed by atoms with Crippen LogP contribution >= 0.6 is 11.6 Å². The molecule has 0 saturated heterocycles. The van der Waals surface area contributed by atoms with Gasteiger partial charge in [0.25, 0.3) is 0 Å². The molecular weight excluding hydrogens is 212 g/mol. The summed E-state index contributed by atoms with van der Waals surface area (Å²) in [5.74, 6) is 0. The molecule has 4 heteroatoms. The number of benzene rings is 1. The fraction of sp³-hybridized carbons (Fsp3) is 0.182. The van der Waals surface area contributed by atoms with Crippen LogP contribution in [-0.4, -0.2) is 9.13 Å². The van der Waals surface area contributed by atoms with E-state index in [0.717, 1.165) is 11.4 Å². The van der Waals surface area contributed by atoms with Crippen LogP contribution < -0.4 is 5.69 Å². The van der Waals surface area contributed by atoms with Crippen LogP contribution in [0.5, 0.6) is 0 Å². The second kappa shape index (κ2) is 3.59. The average Bonchev–Trinajstić information content (AvgIpc) is 2.47. The Balaban J connectivity index is 2.59. The molecule has 15 heavy (non-hydrogen) atoms. The minimum absolute atomic E-state index is 0.0465. The van der Waals surface area contributed by atoms with Gasteiger partial charge in [0.05, 0.1) is 5.69 Å². The van der Waals surface area contributed by atoms with Crippen molar-refractivity contribution >= 4 is 11.6 Å². The van der Waals surface area contributed by atoms with Gasteiger partial charge in [-0.2, -0.15) is 0 Å². The molecule has 0 aliphatic heterocycles. The van der Waals surface area contributed by atoms with Crippen molar-refractivity contribution in [1.82, 2.24) is 9.13 Å². The Morgan fingerprint density at radius 2 is 1.80 bits per heavy atom. The minimum atomic E-state index is -0.0465. The first-order valence-corrected chi connectivity index (χ1v) is 4.98. The van der Waals surface area contributed by atoms with Gasteiger partial charge in [-0.1, -0.05) is 11.6 Å². The molecule has 1 aromatic carbocycles. The van der Waals surface area contributed by atoms with Gasteiger partial charge < -0.3 is 0 Å². The minimum Gasteiger partial charge on any atom is -0.299 e. The topological polar surface area (TPSA) is 26.9 Å². The van der Waals surface area contributed by atoms with E-state index in [1.54, 1.807) is 28.3 Å². The molecule has 3 nitrogen and oxygen atoms in total. The van der Waals surface area contributed by atoms with Gasteiger partial charge in [-0.3, -0.25) is 9.13 Å². The summed E-state index contributed by atoms with van der Waals surface area (Å²) in [4.78, 5) is 11.8. The molecule has 1 aromatic heterocycles. The van der Waals surface area contributed by atoms with E-state index in [2.05, 4.69) is 0 Å². The summed E-state index contributed by atoms with van der Waals surface area (Å²) in [5, 5.41) is 0.666. The number of aryl methyl sites for hydroxylation is 1. The lowest BCUT2D eigenvalue weighted by Gasteiger charge is -2.00. The van der Waals surface area contributed by atoms with Crippen LogP contribution in [0, 0.1) is 6.92 Å². The van der Waals surface area contributed by atoms with Crippen molar-refractivity contribution in [3.63, 3.8) is 0 Å². The lowest BCUT2D eigenvalue weighted by Crippen LogP contribution is -2.20. The predicted molar refractivity (Wildman–Crippen MR) is 60.8 cm³/mol. The van der Waals surface area contributed by atoms with Gasteiger partial charge in [-0.25, -0.2) is 4.79 Å². The summed E-state index contributed by atoms with van der Waals surface area (Å²) in [5.41, 5.74) is 1.71. The highest BCUT2D eigenvalue weighted by atomic mass is 35.5. The summed E-state index contributed by atoms with van der Waals surface area (Å²) in [6, 6.07) is 7.18. The van der Waals surface area contributed by atoms with E-state index >= 15 is 0 Å². The molecule has 2 aromatic rings. The van der Waals surface area contributed by atoms with Crippen molar-refractivity contribution in [1.29, 1.82) is 0 Å². The maximum atomic E-state index is 11.8. The van der Waals surface area contributed by atoms with Crippen LogP contribution in [0.4, 0.5) is 0 Å². The first-order chi connectivity index (χ1) is 7.09. The Morgan fingerprint density at radius 1 is 1.20 bits per heavy atom. The van der Waals surface area contributed by atoms with Crippen LogP contribution in [0.15, 0.2) is 35.3 Å². The number of aromatic nitrogens is 2. The maximum Gasteiger partial charge on any atom is 0.332 e. The Morgan fingerprint density at radius 3 is 2.27 bits per heavy atom. The third-order valence-corrected chi connectivity index (χ3v) is 2.69. The van der Waals surface area contributed by atoms with E-state index in [9.17, 15) is 4.79 Å². The first kappa shape index (κ1) is 10.1. The van der Waals surface area contributed by atoms with Gasteiger partial charge in [0.1, 0.15) is 0 Å². The summed E-state index contributed by atoms with van der Waals surface area (Å²) in [7, 11) is 1.75. The third kappa shape index (κ3) is 1.70. The van der Waals surface area contributed by atoms with Crippen molar-refractivity contribution in [2.24, 2.45) is 7.05 Å². The Hall–Kier alpha value is -1.48. The number of nitrogens with zero attached hydrogens (tertiary/aromatic N) is 2. The van der Waals surface area contributed by atoms with E-state index in [1.165, 1.54) is 0 Å². The zero-order chi connectivity index (χ0) is 11.0. The molecule has 2 rings (SSSR count). The predicted octanol–water partition coefficient (Wildman–Crippen LogP) is 2.14. The van der Waals surface area contributed by atoms with Crippen molar-refractivity contribution in [3.05, 3.63) is 51.7 Å². The molecule has 0 aliphatic carbocycles. The maximum absolute atomic E-state index is 11.8. The fourth-order valence-corrected chi connectivity index (χ4v) is 1.55. The smallest absolute Gasteiger partial charge is 0.299 e. The normalized spacial score (nSPS) is 10.6. The number of hydrogen-bond acceptors (Lipinski definition) is 1. The second-order valence-corrected chi connectivity index (χ2v) is 3.89. The van der Waals surface area contributed by atoms with Gasteiger partial charge >= 0.3 is 5.69 Å². The van der Waals surface area contributed by atoms with E-state index < -0.39 is 0 Å². The van der Waals surface area contributed by atoms with E-state index in [4.69, 9.17) is 11.6 Å². The summed E-state index contributed by atoms with van der Waals surface area (Å²) >= 11 is 5.78. The van der Waals surface area contributed by atoms with E-state index in [1.807, 2.05) is 25.3 Å². The highest BCUT2D eigenvalue weighted by Crippen LogP contribution is 2.12. The number of imidazole rings is 1. The molecule has 0 saturated carbocycles. The van der Waals surface area contributed by atoms with Crippen molar-refractivity contribution in [3.8, 4) is 5.69 Å². The second-order valence-electron chi connectivity index (χ2n) is 3.46. The van der Waals surface area contributed by atoms with Crippen molar-refractivity contribution in [2.75, 3.05) is 0 Å². The highest BCUT2D eigenvalue weighted by Gasteiger charge is 2.05. The molecule has 0 amide bonds. The summed E-state index contributed by atoms with van der Waals surface area (Å²) in [6.45, 7) is 1.90. The lowest BCUT2D eigenvalue weighted by molar-refractivity contribution is 0.803. The number of rotatable bonds is 1. The Kier molecular flexibility index (Phi) is 2.40. The summed E-state index contributed by atoms with van der Waals surface area (Å²) in [6.07, 6.45) is 1.81. The molecule has 0 fully saturated rings. The highest BCUT2D eigenvalue weighted by molar-refractivity contribution is 6.30. The molecule has 78 valence electrons. The SMILES string of the molecule is Cc1cn(-c2ccc(Cl)cc2)c(=O)n1C. The van der Waals surface area contributed by atoms with Gasteiger partial charge in [0.15, 0.2) is 0 Å². The molecule has 0 unspecified atom stereocenters. The molecular formula is C11H11ClN2O. The third-order valence-electron chi connectivity index (χ3n) is 2.44. The molecule has 0 spiro atoms. The van der Waals surface area contributed by atoms with Crippen LogP contribution in [-0.2, 0) is 7.05 Å². The molecule has 1 heterocycles. The largest absolute Gasteiger partial charge is 0.332 e. The van der Waals surface area contributed by atoms with Crippen LogP contribution in [0.2, 0.25) is 5.02 Å². The zero-order valence-electron chi connectivity index (χ0n) is 8.57. The number of halogens is 1. The van der Waals surface area contributed by atoms with Crippen molar-refractivity contribution in [2.45, 2.75) is 6.92 Å². The molecule has 0 radical (unpaired) electrons. The monoisotopic (exact) mass is 222 g/mol. The van der Waals surface area contributed by atoms with Gasteiger partial charge in [0.2, 0.25) is 0 Å². The van der Waals surface area contributed by atoms with Crippen LogP contribution in [0.25, 0.3) is 5.69 Å². The quantitative estimate of drug-likeness (QED) is 0.726. The summed E-state index contributed by atoms with van der Waals surface area (Å²) < 4.78 is 3.21. The van der Waals surface area contributed by atoms with E-state index in [0.29, 0.717) is 5.02 Å². The Labute approximate surface area is 92.5 Å². The van der Waals surface area contributed by atoms with E-state index in [-0.39, 0.29) is 5.69 Å².